The average Bonchev–Trinajstić information content (AvgIpc) is 3.21. The van der Waals surface area contributed by atoms with Gasteiger partial charge in [0, 0.05) is 39.0 Å². The van der Waals surface area contributed by atoms with Crippen LogP contribution in [0.4, 0.5) is 11.4 Å². The fourth-order valence-corrected chi connectivity index (χ4v) is 5.22. The molecular formula is C22H15ClN2O4S2. The normalized spacial score (nSPS) is 11.3. The maximum absolute atomic E-state index is 12.9. The van der Waals surface area contributed by atoms with Crippen LogP contribution in [0.2, 0.25) is 5.02 Å². The summed E-state index contributed by atoms with van der Waals surface area (Å²) in [5, 5.41) is 14.7. The van der Waals surface area contributed by atoms with Crippen LogP contribution in [-0.4, -0.2) is 13.3 Å². The van der Waals surface area contributed by atoms with Crippen molar-refractivity contribution < 1.29 is 13.3 Å². The van der Waals surface area contributed by atoms with Crippen molar-refractivity contribution >= 4 is 44.3 Å². The van der Waals surface area contributed by atoms with Crippen molar-refractivity contribution in [1.29, 1.82) is 0 Å². The van der Waals surface area contributed by atoms with Crippen molar-refractivity contribution in [3.63, 3.8) is 0 Å². The molecule has 0 saturated carbocycles. The highest BCUT2D eigenvalue weighted by Crippen LogP contribution is 2.39. The largest absolute Gasteiger partial charge is 0.278 e. The Labute approximate surface area is 188 Å². The van der Waals surface area contributed by atoms with Gasteiger partial charge in [0.15, 0.2) is 0 Å². The molecule has 3 aromatic carbocycles. The summed E-state index contributed by atoms with van der Waals surface area (Å²) < 4.78 is 28.5. The Morgan fingerprint density at radius 3 is 2.23 bits per heavy atom. The van der Waals surface area contributed by atoms with E-state index in [0.29, 0.717) is 16.8 Å². The molecule has 0 atom stereocenters. The van der Waals surface area contributed by atoms with Gasteiger partial charge in [-0.1, -0.05) is 54.1 Å². The second kappa shape index (κ2) is 8.50. The zero-order valence-electron chi connectivity index (χ0n) is 15.9. The molecular weight excluding hydrogens is 456 g/mol. The predicted molar refractivity (Wildman–Crippen MR) is 124 cm³/mol. The number of nitro groups is 1. The van der Waals surface area contributed by atoms with Crippen LogP contribution in [-0.2, 0) is 10.0 Å². The molecule has 1 aromatic heterocycles. The number of nitrogens with one attached hydrogen (secondary N) is 1. The molecule has 0 fully saturated rings. The molecule has 0 aliphatic carbocycles. The standard InChI is InChI=1S/C22H15ClN2O4S2/c23-21-11-8-17(25(26)27)12-19(21)20-13-30-14-22(20)24-31(28,29)18-9-6-16(7-10-18)15-4-2-1-3-5-15/h1-14,24H. The minimum absolute atomic E-state index is 0.106. The van der Waals surface area contributed by atoms with Crippen molar-refractivity contribution in [2.75, 3.05) is 4.72 Å². The summed E-state index contributed by atoms with van der Waals surface area (Å²) in [5.41, 5.74) is 2.92. The van der Waals surface area contributed by atoms with Gasteiger partial charge in [0.2, 0.25) is 0 Å². The molecule has 0 unspecified atom stereocenters. The van der Waals surface area contributed by atoms with Gasteiger partial charge in [-0.05, 0) is 29.3 Å². The lowest BCUT2D eigenvalue weighted by molar-refractivity contribution is -0.384. The number of nitro benzene ring substituents is 1. The third kappa shape index (κ3) is 4.46. The monoisotopic (exact) mass is 470 g/mol. The number of anilines is 1. The third-order valence-corrected chi connectivity index (χ3v) is 7.08. The number of halogens is 1. The van der Waals surface area contributed by atoms with E-state index in [1.165, 1.54) is 41.7 Å². The van der Waals surface area contributed by atoms with Gasteiger partial charge < -0.3 is 0 Å². The van der Waals surface area contributed by atoms with E-state index < -0.39 is 14.9 Å². The van der Waals surface area contributed by atoms with Crippen LogP contribution < -0.4 is 4.72 Å². The van der Waals surface area contributed by atoms with Crippen LogP contribution >= 0.6 is 22.9 Å². The minimum atomic E-state index is -3.87. The molecule has 0 amide bonds. The Morgan fingerprint density at radius 2 is 1.55 bits per heavy atom. The highest BCUT2D eigenvalue weighted by Gasteiger charge is 2.20. The first-order valence-corrected chi connectivity index (χ1v) is 11.8. The average molecular weight is 471 g/mol. The van der Waals surface area contributed by atoms with Gasteiger partial charge >= 0.3 is 0 Å². The number of hydrogen-bond donors (Lipinski definition) is 1. The second-order valence-corrected chi connectivity index (χ2v) is 9.45. The topological polar surface area (TPSA) is 89.3 Å². The fourth-order valence-electron chi connectivity index (χ4n) is 3.08. The Hall–Kier alpha value is -3.20. The Kier molecular flexibility index (Phi) is 5.77. The van der Waals surface area contributed by atoms with Crippen LogP contribution in [0, 0.1) is 10.1 Å². The van der Waals surface area contributed by atoms with E-state index in [2.05, 4.69) is 4.72 Å². The lowest BCUT2D eigenvalue weighted by Crippen LogP contribution is -2.13. The second-order valence-electron chi connectivity index (χ2n) is 6.62. The van der Waals surface area contributed by atoms with E-state index in [1.807, 2.05) is 30.3 Å². The van der Waals surface area contributed by atoms with Gasteiger partial charge in [-0.15, -0.1) is 11.3 Å². The summed E-state index contributed by atoms with van der Waals surface area (Å²) in [6.07, 6.45) is 0. The highest BCUT2D eigenvalue weighted by atomic mass is 35.5. The van der Waals surface area contributed by atoms with Crippen molar-refractivity contribution in [3.05, 3.63) is 98.7 Å². The summed E-state index contributed by atoms with van der Waals surface area (Å²) in [7, 11) is -3.87. The first kappa shape index (κ1) is 21.0. The van der Waals surface area contributed by atoms with Crippen LogP contribution in [0.15, 0.2) is 88.5 Å². The quantitative estimate of drug-likeness (QED) is 0.259. The van der Waals surface area contributed by atoms with Crippen LogP contribution in [0.3, 0.4) is 0 Å². The summed E-state index contributed by atoms with van der Waals surface area (Å²) in [6.45, 7) is 0. The zero-order valence-corrected chi connectivity index (χ0v) is 18.2. The van der Waals surface area contributed by atoms with E-state index in [4.69, 9.17) is 11.6 Å². The maximum atomic E-state index is 12.9. The van der Waals surface area contributed by atoms with E-state index >= 15 is 0 Å². The van der Waals surface area contributed by atoms with Gasteiger partial charge in [-0.25, -0.2) is 8.42 Å². The predicted octanol–water partition coefficient (Wildman–Crippen LogP) is 6.44. The number of rotatable bonds is 6. The van der Waals surface area contributed by atoms with Gasteiger partial charge in [0.05, 0.1) is 15.5 Å². The first-order valence-electron chi connectivity index (χ1n) is 9.04. The Bertz CT molecular complexity index is 1350. The van der Waals surface area contributed by atoms with Crippen molar-refractivity contribution in [2.45, 2.75) is 4.90 Å². The van der Waals surface area contributed by atoms with Crippen molar-refractivity contribution in [1.82, 2.24) is 0 Å². The molecule has 0 saturated heterocycles. The smallest absolute Gasteiger partial charge is 0.270 e. The number of non-ortho nitro benzene ring substituents is 1. The minimum Gasteiger partial charge on any atom is -0.278 e. The molecule has 0 spiro atoms. The molecule has 0 radical (unpaired) electrons. The molecule has 0 bridgehead atoms. The molecule has 0 aliphatic heterocycles. The van der Waals surface area contributed by atoms with Crippen LogP contribution in [0.5, 0.6) is 0 Å². The molecule has 156 valence electrons. The summed E-state index contributed by atoms with van der Waals surface area (Å²) in [6, 6.07) is 20.3. The SMILES string of the molecule is O=[N+]([O-])c1ccc(Cl)c(-c2cscc2NS(=O)(=O)c2ccc(-c3ccccc3)cc2)c1. The summed E-state index contributed by atoms with van der Waals surface area (Å²) >= 11 is 7.50. The number of nitrogens with zero attached hydrogens (tertiary/aromatic N) is 1. The fraction of sp³-hybridized carbons (Fsp3) is 0. The van der Waals surface area contributed by atoms with Crippen molar-refractivity contribution in [2.24, 2.45) is 0 Å². The Balaban J connectivity index is 1.64. The van der Waals surface area contributed by atoms with Crippen molar-refractivity contribution in [3.8, 4) is 22.3 Å². The van der Waals surface area contributed by atoms with Gasteiger partial charge in [-0.2, -0.15) is 0 Å². The number of hydrogen-bond acceptors (Lipinski definition) is 5. The summed E-state index contributed by atoms with van der Waals surface area (Å²) in [5.74, 6) is 0. The molecule has 4 rings (SSSR count). The van der Waals surface area contributed by atoms with E-state index in [0.717, 1.165) is 11.1 Å². The number of benzene rings is 3. The van der Waals surface area contributed by atoms with E-state index in [1.54, 1.807) is 22.9 Å². The molecule has 0 aliphatic rings. The zero-order chi connectivity index (χ0) is 22.0. The molecule has 1 N–H and O–H groups in total. The lowest BCUT2D eigenvalue weighted by Gasteiger charge is -2.11. The molecule has 4 aromatic rings. The molecule has 9 heteroatoms. The highest BCUT2D eigenvalue weighted by molar-refractivity contribution is 7.92. The lowest BCUT2D eigenvalue weighted by atomic mass is 10.1. The van der Waals surface area contributed by atoms with Crippen LogP contribution in [0.1, 0.15) is 0 Å². The Morgan fingerprint density at radius 1 is 0.871 bits per heavy atom. The van der Waals surface area contributed by atoms with Gasteiger partial charge in [0.25, 0.3) is 15.7 Å². The molecule has 1 heterocycles. The van der Waals surface area contributed by atoms with E-state index in [-0.39, 0.29) is 15.6 Å². The van der Waals surface area contributed by atoms with Gasteiger partial charge in [0.1, 0.15) is 0 Å². The molecule has 6 nitrogen and oxygen atoms in total. The first-order chi connectivity index (χ1) is 14.8. The van der Waals surface area contributed by atoms with Gasteiger partial charge in [-0.3, -0.25) is 14.8 Å². The third-order valence-electron chi connectivity index (χ3n) is 4.63. The maximum Gasteiger partial charge on any atom is 0.270 e. The van der Waals surface area contributed by atoms with Crippen LogP contribution in [0.25, 0.3) is 22.3 Å². The van der Waals surface area contributed by atoms with E-state index in [9.17, 15) is 18.5 Å². The number of sulfonamides is 1. The molecule has 31 heavy (non-hydrogen) atoms. The summed E-state index contributed by atoms with van der Waals surface area (Å²) in [4.78, 5) is 10.7. The number of thiophene rings is 1.